The lowest BCUT2D eigenvalue weighted by atomic mass is 10.1. The normalized spacial score (nSPS) is 14.1. The van der Waals surface area contributed by atoms with Crippen molar-refractivity contribution in [2.45, 2.75) is 219 Å². The number of phosphoric ester groups is 1. The number of esters is 1. The zero-order valence-corrected chi connectivity index (χ0v) is 39.8. The summed E-state index contributed by atoms with van der Waals surface area (Å²) in [5.74, 6) is -2.39. The maximum atomic E-state index is 12.3. The Labute approximate surface area is 376 Å². The van der Waals surface area contributed by atoms with Crippen LogP contribution in [0.2, 0.25) is 0 Å². The van der Waals surface area contributed by atoms with E-state index in [4.69, 9.17) is 13.8 Å². The molecule has 3 unspecified atom stereocenters. The number of aliphatic hydroxyl groups is 1. The number of carbonyl (C=O) groups is 3. The molecule has 0 saturated carbocycles. The van der Waals surface area contributed by atoms with Crippen LogP contribution in [0.1, 0.15) is 206 Å². The standard InChI is InChI=1S/C50H88NO10P/c1-3-5-7-9-11-13-15-17-19-21-22-23-24-26-28-30-32-34-36-38-40-42-49(54)59-43-46(52)44-60-62(57,58)61-45-47(50(55)56)51-48(53)41-39-37-35-33-31-29-27-25-20-18-16-14-12-10-8-6-4-2/h11-14,17-20,22-23,46-47,52H,3-10,15-16,21,24-45H2,1-2H3,(H,51,53)(H,55,56)(H,57,58)/b13-11-,14-12-,19-17-,20-18-,23-22-. The van der Waals surface area contributed by atoms with Crippen LogP contribution in [0.3, 0.4) is 0 Å². The minimum atomic E-state index is -4.77. The van der Waals surface area contributed by atoms with Crippen LogP contribution >= 0.6 is 7.82 Å². The van der Waals surface area contributed by atoms with E-state index < -0.39 is 57.6 Å². The zero-order chi connectivity index (χ0) is 45.6. The molecule has 0 aromatic heterocycles. The van der Waals surface area contributed by atoms with Gasteiger partial charge >= 0.3 is 19.8 Å². The molecular weight excluding hydrogens is 806 g/mol. The number of unbranched alkanes of at least 4 members (excludes halogenated alkanes) is 21. The van der Waals surface area contributed by atoms with E-state index in [1.165, 1.54) is 83.5 Å². The lowest BCUT2D eigenvalue weighted by Crippen LogP contribution is -2.43. The van der Waals surface area contributed by atoms with Gasteiger partial charge in [-0.1, -0.05) is 171 Å². The van der Waals surface area contributed by atoms with Crippen molar-refractivity contribution < 1.29 is 47.8 Å². The third kappa shape index (κ3) is 43.8. The van der Waals surface area contributed by atoms with E-state index in [0.717, 1.165) is 83.5 Å². The smallest absolute Gasteiger partial charge is 0.472 e. The monoisotopic (exact) mass is 894 g/mol. The van der Waals surface area contributed by atoms with Gasteiger partial charge in [0.25, 0.3) is 0 Å². The van der Waals surface area contributed by atoms with Crippen molar-refractivity contribution in [3.63, 3.8) is 0 Å². The highest BCUT2D eigenvalue weighted by atomic mass is 31.2. The molecule has 0 aliphatic carbocycles. The molecule has 0 aromatic carbocycles. The Bertz CT molecular complexity index is 1280. The first kappa shape index (κ1) is 59.2. The average Bonchev–Trinajstić information content (AvgIpc) is 3.25. The second-order valence-corrected chi connectivity index (χ2v) is 17.7. The number of nitrogens with one attached hydrogen (secondary N) is 1. The summed E-state index contributed by atoms with van der Waals surface area (Å²) in [6.07, 6.45) is 52.3. The van der Waals surface area contributed by atoms with Gasteiger partial charge in [-0.3, -0.25) is 18.6 Å². The summed E-state index contributed by atoms with van der Waals surface area (Å²) in [5, 5.41) is 21.9. The van der Waals surface area contributed by atoms with E-state index in [1.807, 2.05) is 0 Å². The van der Waals surface area contributed by atoms with Crippen molar-refractivity contribution >= 4 is 25.7 Å². The summed E-state index contributed by atoms with van der Waals surface area (Å²) in [6, 6.07) is -1.55. The van der Waals surface area contributed by atoms with Gasteiger partial charge in [-0.2, -0.15) is 0 Å². The maximum absolute atomic E-state index is 12.3. The van der Waals surface area contributed by atoms with Gasteiger partial charge in [0.15, 0.2) is 6.04 Å². The Morgan fingerprint density at radius 1 is 0.516 bits per heavy atom. The number of amides is 1. The third-order valence-corrected chi connectivity index (χ3v) is 11.2. The lowest BCUT2D eigenvalue weighted by Gasteiger charge is -2.18. The number of aliphatic carboxylic acids is 1. The predicted octanol–water partition coefficient (Wildman–Crippen LogP) is 13.1. The molecule has 0 radical (unpaired) electrons. The van der Waals surface area contributed by atoms with E-state index in [-0.39, 0.29) is 12.8 Å². The van der Waals surface area contributed by atoms with Crippen LogP contribution in [0.4, 0.5) is 0 Å². The molecule has 0 aromatic rings. The van der Waals surface area contributed by atoms with E-state index in [9.17, 15) is 34.1 Å². The third-order valence-electron chi connectivity index (χ3n) is 10.3. The number of carbonyl (C=O) groups excluding carboxylic acids is 2. The molecule has 3 atom stereocenters. The summed E-state index contributed by atoms with van der Waals surface area (Å²) in [4.78, 5) is 46.0. The van der Waals surface area contributed by atoms with Crippen molar-refractivity contribution in [2.75, 3.05) is 19.8 Å². The zero-order valence-electron chi connectivity index (χ0n) is 38.9. The molecule has 0 rings (SSSR count). The van der Waals surface area contributed by atoms with Crippen molar-refractivity contribution in [1.82, 2.24) is 5.32 Å². The fraction of sp³-hybridized carbons (Fsp3) is 0.740. The summed E-state index contributed by atoms with van der Waals surface area (Å²) in [7, 11) is -4.77. The van der Waals surface area contributed by atoms with Gasteiger partial charge in [-0.15, -0.1) is 0 Å². The Morgan fingerprint density at radius 3 is 1.32 bits per heavy atom. The highest BCUT2D eigenvalue weighted by Crippen LogP contribution is 2.43. The van der Waals surface area contributed by atoms with Gasteiger partial charge in [0.05, 0.1) is 13.2 Å². The molecule has 0 saturated heterocycles. The Kier molecular flexibility index (Phi) is 42.7. The quantitative estimate of drug-likeness (QED) is 0.0200. The van der Waals surface area contributed by atoms with Crippen molar-refractivity contribution in [2.24, 2.45) is 0 Å². The molecule has 0 heterocycles. The molecule has 358 valence electrons. The Hall–Kier alpha value is -2.82. The van der Waals surface area contributed by atoms with Crippen LogP contribution in [0.5, 0.6) is 0 Å². The molecule has 0 fully saturated rings. The first-order valence-electron chi connectivity index (χ1n) is 24.3. The van der Waals surface area contributed by atoms with E-state index in [0.29, 0.717) is 12.8 Å². The van der Waals surface area contributed by atoms with Crippen molar-refractivity contribution in [1.29, 1.82) is 0 Å². The number of hydrogen-bond acceptors (Lipinski definition) is 8. The van der Waals surface area contributed by atoms with Crippen LogP contribution in [-0.4, -0.2) is 64.9 Å². The van der Waals surface area contributed by atoms with Crippen molar-refractivity contribution in [3.8, 4) is 0 Å². The SMILES string of the molecule is CCCCC/C=C\C/C=C\C/C=C\CCCCCCCCCCC(=O)OCC(O)COP(=O)(O)OCC(NC(=O)CCCCCCCCC/C=C\C/C=C\CCCCC)C(=O)O. The predicted molar refractivity (Wildman–Crippen MR) is 254 cm³/mol. The molecule has 0 bridgehead atoms. The molecule has 12 heteroatoms. The fourth-order valence-corrected chi connectivity index (χ4v) is 7.24. The number of carboxylic acids is 1. The van der Waals surface area contributed by atoms with E-state index in [1.54, 1.807) is 0 Å². The molecule has 0 spiro atoms. The number of allylic oxidation sites excluding steroid dienone is 10. The first-order chi connectivity index (χ1) is 30.1. The summed E-state index contributed by atoms with van der Waals surface area (Å²) in [6.45, 7) is 2.54. The maximum Gasteiger partial charge on any atom is 0.472 e. The number of carboxylic acid groups (broad SMARTS) is 1. The molecule has 11 nitrogen and oxygen atoms in total. The van der Waals surface area contributed by atoms with Crippen LogP contribution < -0.4 is 5.32 Å². The lowest BCUT2D eigenvalue weighted by molar-refractivity contribution is -0.147. The minimum absolute atomic E-state index is 0.134. The van der Waals surface area contributed by atoms with Crippen LogP contribution in [0, 0.1) is 0 Å². The number of aliphatic hydroxyl groups excluding tert-OH is 1. The largest absolute Gasteiger partial charge is 0.480 e. The number of ether oxygens (including phenoxy) is 1. The van der Waals surface area contributed by atoms with Gasteiger partial charge in [-0.25, -0.2) is 9.36 Å². The molecule has 0 aliphatic rings. The highest BCUT2D eigenvalue weighted by molar-refractivity contribution is 7.47. The van der Waals surface area contributed by atoms with Crippen molar-refractivity contribution in [3.05, 3.63) is 60.8 Å². The van der Waals surface area contributed by atoms with Gasteiger partial charge in [0, 0.05) is 12.8 Å². The number of phosphoric acid groups is 1. The highest BCUT2D eigenvalue weighted by Gasteiger charge is 2.28. The molecular formula is C50H88NO10P. The summed E-state index contributed by atoms with van der Waals surface area (Å²) in [5.41, 5.74) is 0. The molecule has 62 heavy (non-hydrogen) atoms. The number of hydrogen-bond donors (Lipinski definition) is 4. The molecule has 4 N–H and O–H groups in total. The topological polar surface area (TPSA) is 169 Å². The molecule has 0 aliphatic heterocycles. The fourth-order valence-electron chi connectivity index (χ4n) is 6.47. The summed E-state index contributed by atoms with van der Waals surface area (Å²) >= 11 is 0. The minimum Gasteiger partial charge on any atom is -0.480 e. The van der Waals surface area contributed by atoms with E-state index >= 15 is 0 Å². The second-order valence-electron chi connectivity index (χ2n) is 16.3. The van der Waals surface area contributed by atoms with Gasteiger partial charge < -0.3 is 25.2 Å². The van der Waals surface area contributed by atoms with Gasteiger partial charge in [0.2, 0.25) is 5.91 Å². The van der Waals surface area contributed by atoms with Crippen LogP contribution in [0.25, 0.3) is 0 Å². The Balaban J connectivity index is 3.88. The van der Waals surface area contributed by atoms with Crippen LogP contribution in [-0.2, 0) is 32.7 Å². The molecule has 1 amide bonds. The summed E-state index contributed by atoms with van der Waals surface area (Å²) < 4.78 is 26.9. The van der Waals surface area contributed by atoms with Gasteiger partial charge in [-0.05, 0) is 83.5 Å². The average molecular weight is 894 g/mol. The van der Waals surface area contributed by atoms with Gasteiger partial charge in [0.1, 0.15) is 12.7 Å². The Morgan fingerprint density at radius 2 is 0.887 bits per heavy atom. The number of rotatable bonds is 45. The van der Waals surface area contributed by atoms with Crippen LogP contribution in [0.15, 0.2) is 60.8 Å². The first-order valence-corrected chi connectivity index (χ1v) is 25.8. The van der Waals surface area contributed by atoms with E-state index in [2.05, 4.69) is 79.9 Å². The second kappa shape index (κ2) is 44.8.